The average Bonchev–Trinajstić information content (AvgIpc) is 2.25. The van der Waals surface area contributed by atoms with E-state index in [2.05, 4.69) is 0 Å². The third-order valence-corrected chi connectivity index (χ3v) is 5.28. The summed E-state index contributed by atoms with van der Waals surface area (Å²) in [6.07, 6.45) is 7.47. The fourth-order valence-corrected chi connectivity index (χ4v) is 4.95. The number of Topliss-reactive ketones (excluding diaryl/α,β-unsaturated/α-hetero) is 1. The van der Waals surface area contributed by atoms with E-state index in [1.165, 1.54) is 19.3 Å². The molecule has 4 rings (SSSR count). The Morgan fingerprint density at radius 2 is 1.56 bits per heavy atom. The lowest BCUT2D eigenvalue weighted by atomic mass is 9.48. The number of methoxy groups -OCH3 is 1. The Hall–Kier alpha value is -0.370. The lowest BCUT2D eigenvalue weighted by molar-refractivity contribution is -0.153. The summed E-state index contributed by atoms with van der Waals surface area (Å²) in [4.78, 5) is 12.5. The van der Waals surface area contributed by atoms with E-state index in [9.17, 15) is 4.79 Å². The first-order chi connectivity index (χ1) is 7.63. The van der Waals surface area contributed by atoms with Gasteiger partial charge in [0.1, 0.15) is 6.10 Å². The predicted octanol–water partition coefficient (Wildman–Crippen LogP) is 2.81. The Balaban J connectivity index is 1.85. The number of rotatable bonds is 3. The number of hydrogen-bond donors (Lipinski definition) is 0. The van der Waals surface area contributed by atoms with E-state index in [4.69, 9.17) is 4.74 Å². The molecule has 0 aromatic carbocycles. The smallest absolute Gasteiger partial charge is 0.167 e. The summed E-state index contributed by atoms with van der Waals surface area (Å²) >= 11 is 0. The molecule has 90 valence electrons. The second-order valence-electron chi connectivity index (χ2n) is 6.44. The highest BCUT2D eigenvalue weighted by atomic mass is 16.5. The standard InChI is InChI=1S/C14H22O2/c1-9(16-2)13(15)14-6-10-3-11(7-14)5-12(4-10)8-14/h9-12H,3-8H2,1-2H3/t9-,10?,11?,12?,14?/m1/s1. The quantitative estimate of drug-likeness (QED) is 0.734. The molecule has 1 atom stereocenters. The SMILES string of the molecule is CO[C@H](C)C(=O)C12CC3CC(CC(C3)C1)C2. The van der Waals surface area contributed by atoms with Gasteiger partial charge in [0.2, 0.25) is 0 Å². The first kappa shape index (κ1) is 10.8. The van der Waals surface area contributed by atoms with Crippen molar-refractivity contribution in [3.63, 3.8) is 0 Å². The Bertz CT molecular complexity index is 273. The zero-order valence-corrected chi connectivity index (χ0v) is 10.4. The molecule has 0 saturated heterocycles. The average molecular weight is 222 g/mol. The minimum Gasteiger partial charge on any atom is -0.374 e. The minimum absolute atomic E-state index is 0.0180. The van der Waals surface area contributed by atoms with Crippen LogP contribution in [0.15, 0.2) is 0 Å². The topological polar surface area (TPSA) is 26.3 Å². The van der Waals surface area contributed by atoms with Gasteiger partial charge in [-0.05, 0) is 63.2 Å². The highest BCUT2D eigenvalue weighted by molar-refractivity contribution is 5.89. The minimum atomic E-state index is -0.198. The monoisotopic (exact) mass is 222 g/mol. The molecule has 0 aliphatic heterocycles. The van der Waals surface area contributed by atoms with Crippen LogP contribution in [0.25, 0.3) is 0 Å². The van der Waals surface area contributed by atoms with Gasteiger partial charge < -0.3 is 4.74 Å². The molecule has 0 aromatic heterocycles. The maximum atomic E-state index is 12.5. The van der Waals surface area contributed by atoms with Crippen molar-refractivity contribution in [2.24, 2.45) is 23.2 Å². The fourth-order valence-electron chi connectivity index (χ4n) is 4.95. The first-order valence-corrected chi connectivity index (χ1v) is 6.70. The zero-order valence-electron chi connectivity index (χ0n) is 10.4. The molecule has 4 fully saturated rings. The van der Waals surface area contributed by atoms with Crippen LogP contribution in [0.3, 0.4) is 0 Å². The van der Waals surface area contributed by atoms with Gasteiger partial charge in [0, 0.05) is 12.5 Å². The number of ketones is 1. The Labute approximate surface area is 97.7 Å². The van der Waals surface area contributed by atoms with E-state index in [0.717, 1.165) is 37.0 Å². The zero-order chi connectivity index (χ0) is 11.3. The molecule has 4 aliphatic rings. The van der Waals surface area contributed by atoms with Crippen LogP contribution >= 0.6 is 0 Å². The normalized spacial score (nSPS) is 47.0. The molecular weight excluding hydrogens is 200 g/mol. The van der Waals surface area contributed by atoms with Gasteiger partial charge in [0.05, 0.1) is 0 Å². The maximum absolute atomic E-state index is 12.5. The van der Waals surface area contributed by atoms with Crippen LogP contribution < -0.4 is 0 Å². The molecule has 2 nitrogen and oxygen atoms in total. The van der Waals surface area contributed by atoms with Crippen molar-refractivity contribution in [2.75, 3.05) is 7.11 Å². The van der Waals surface area contributed by atoms with E-state index in [1.807, 2.05) is 6.92 Å². The summed E-state index contributed by atoms with van der Waals surface area (Å²) in [7, 11) is 1.66. The van der Waals surface area contributed by atoms with Gasteiger partial charge in [-0.1, -0.05) is 0 Å². The van der Waals surface area contributed by atoms with Crippen LogP contribution in [-0.2, 0) is 9.53 Å². The van der Waals surface area contributed by atoms with E-state index < -0.39 is 0 Å². The summed E-state index contributed by atoms with van der Waals surface area (Å²) in [5, 5.41) is 0. The third kappa shape index (κ3) is 1.46. The van der Waals surface area contributed by atoms with Crippen molar-refractivity contribution in [1.82, 2.24) is 0 Å². The van der Waals surface area contributed by atoms with Crippen molar-refractivity contribution in [3.8, 4) is 0 Å². The Kier molecular flexibility index (Phi) is 2.39. The molecule has 0 spiro atoms. The third-order valence-electron chi connectivity index (χ3n) is 5.28. The molecule has 0 heterocycles. The van der Waals surface area contributed by atoms with Crippen LogP contribution in [0.1, 0.15) is 45.4 Å². The number of carbonyl (C=O) groups excluding carboxylic acids is 1. The number of hydrogen-bond acceptors (Lipinski definition) is 2. The van der Waals surface area contributed by atoms with Crippen LogP contribution in [0.2, 0.25) is 0 Å². The van der Waals surface area contributed by atoms with Gasteiger partial charge in [-0.15, -0.1) is 0 Å². The first-order valence-electron chi connectivity index (χ1n) is 6.70. The highest BCUT2D eigenvalue weighted by Crippen LogP contribution is 2.60. The van der Waals surface area contributed by atoms with E-state index in [0.29, 0.717) is 5.78 Å². The molecule has 16 heavy (non-hydrogen) atoms. The summed E-state index contributed by atoms with van der Waals surface area (Å²) in [6, 6.07) is 0. The van der Waals surface area contributed by atoms with Crippen LogP contribution in [0.5, 0.6) is 0 Å². The summed E-state index contributed by atoms with van der Waals surface area (Å²) in [6.45, 7) is 1.92. The van der Waals surface area contributed by atoms with Gasteiger partial charge in [0.25, 0.3) is 0 Å². The second kappa shape index (κ2) is 3.56. The molecule has 0 amide bonds. The van der Waals surface area contributed by atoms with Crippen molar-refractivity contribution < 1.29 is 9.53 Å². The summed E-state index contributed by atoms with van der Waals surface area (Å²) in [5.74, 6) is 2.94. The molecule has 0 aromatic rings. The number of ether oxygens (including phenoxy) is 1. The molecule has 4 bridgehead atoms. The summed E-state index contributed by atoms with van der Waals surface area (Å²) in [5.41, 5.74) is 0.0180. The molecule has 0 unspecified atom stereocenters. The van der Waals surface area contributed by atoms with Crippen LogP contribution in [-0.4, -0.2) is 19.0 Å². The predicted molar refractivity (Wildman–Crippen MR) is 62.1 cm³/mol. The van der Waals surface area contributed by atoms with E-state index >= 15 is 0 Å². The Morgan fingerprint density at radius 1 is 1.12 bits per heavy atom. The maximum Gasteiger partial charge on any atom is 0.167 e. The second-order valence-corrected chi connectivity index (χ2v) is 6.44. The molecule has 4 aliphatic carbocycles. The van der Waals surface area contributed by atoms with Crippen molar-refractivity contribution >= 4 is 5.78 Å². The van der Waals surface area contributed by atoms with Crippen molar-refractivity contribution in [2.45, 2.75) is 51.6 Å². The molecular formula is C14H22O2. The number of carbonyl (C=O) groups is 1. The fraction of sp³-hybridized carbons (Fsp3) is 0.929. The lowest BCUT2D eigenvalue weighted by Crippen LogP contribution is -2.52. The highest BCUT2D eigenvalue weighted by Gasteiger charge is 2.55. The van der Waals surface area contributed by atoms with E-state index in [-0.39, 0.29) is 11.5 Å². The van der Waals surface area contributed by atoms with Crippen LogP contribution in [0, 0.1) is 23.2 Å². The molecule has 4 saturated carbocycles. The molecule has 2 heteroatoms. The van der Waals surface area contributed by atoms with Gasteiger partial charge in [0.15, 0.2) is 5.78 Å². The Morgan fingerprint density at radius 3 is 1.94 bits per heavy atom. The largest absolute Gasteiger partial charge is 0.374 e. The summed E-state index contributed by atoms with van der Waals surface area (Å²) < 4.78 is 5.25. The van der Waals surface area contributed by atoms with E-state index in [1.54, 1.807) is 7.11 Å². The van der Waals surface area contributed by atoms with Gasteiger partial charge in [-0.2, -0.15) is 0 Å². The van der Waals surface area contributed by atoms with Crippen LogP contribution in [0.4, 0.5) is 0 Å². The van der Waals surface area contributed by atoms with Crippen molar-refractivity contribution in [3.05, 3.63) is 0 Å². The molecule has 0 N–H and O–H groups in total. The molecule has 0 radical (unpaired) electrons. The van der Waals surface area contributed by atoms with Crippen molar-refractivity contribution in [1.29, 1.82) is 0 Å². The van der Waals surface area contributed by atoms with Gasteiger partial charge in [-0.3, -0.25) is 4.79 Å². The lowest BCUT2D eigenvalue weighted by Gasteiger charge is -2.56. The van der Waals surface area contributed by atoms with Gasteiger partial charge >= 0.3 is 0 Å². The van der Waals surface area contributed by atoms with Gasteiger partial charge in [-0.25, -0.2) is 0 Å².